The largest absolute Gasteiger partial charge is 0.381 e. The van der Waals surface area contributed by atoms with Crippen molar-refractivity contribution in [3.05, 3.63) is 0 Å². The Morgan fingerprint density at radius 1 is 1.40 bits per heavy atom. The topological polar surface area (TPSA) is 38.5 Å². The molecule has 2 aliphatic rings. The van der Waals surface area contributed by atoms with E-state index in [2.05, 4.69) is 11.8 Å². The summed E-state index contributed by atoms with van der Waals surface area (Å²) in [5.74, 6) is 1.48. The highest BCUT2D eigenvalue weighted by molar-refractivity contribution is 4.83. The predicted octanol–water partition coefficient (Wildman–Crippen LogP) is 1.08. The third-order valence-electron chi connectivity index (χ3n) is 3.94. The van der Waals surface area contributed by atoms with Gasteiger partial charge in [0, 0.05) is 25.7 Å². The molecule has 2 saturated heterocycles. The van der Waals surface area contributed by atoms with E-state index in [9.17, 15) is 0 Å². The second-order valence-corrected chi connectivity index (χ2v) is 5.11. The molecule has 3 atom stereocenters. The van der Waals surface area contributed by atoms with Crippen molar-refractivity contribution in [2.75, 3.05) is 32.8 Å². The molecule has 0 saturated carbocycles. The SMILES string of the molecule is CCC1CN(CC2CCOC2)CCC1N. The number of hydrogen-bond acceptors (Lipinski definition) is 3. The Hall–Kier alpha value is -0.120. The van der Waals surface area contributed by atoms with Gasteiger partial charge in [0.25, 0.3) is 0 Å². The Kier molecular flexibility index (Phi) is 4.00. The van der Waals surface area contributed by atoms with Crippen LogP contribution in [0.5, 0.6) is 0 Å². The average Bonchev–Trinajstić information content (AvgIpc) is 2.73. The van der Waals surface area contributed by atoms with E-state index in [1.54, 1.807) is 0 Å². The maximum Gasteiger partial charge on any atom is 0.0507 e. The van der Waals surface area contributed by atoms with Crippen LogP contribution in [-0.2, 0) is 4.74 Å². The Balaban J connectivity index is 1.78. The molecule has 0 aromatic rings. The normalized spacial score (nSPS) is 38.4. The van der Waals surface area contributed by atoms with E-state index in [4.69, 9.17) is 10.5 Å². The monoisotopic (exact) mass is 212 g/mol. The first-order valence-corrected chi connectivity index (χ1v) is 6.35. The zero-order valence-electron chi connectivity index (χ0n) is 9.82. The molecule has 0 spiro atoms. The lowest BCUT2D eigenvalue weighted by molar-refractivity contribution is 0.121. The minimum absolute atomic E-state index is 0.436. The second kappa shape index (κ2) is 5.28. The van der Waals surface area contributed by atoms with Crippen LogP contribution in [0.2, 0.25) is 0 Å². The molecule has 2 fully saturated rings. The number of rotatable bonds is 3. The Bertz CT molecular complexity index is 190. The van der Waals surface area contributed by atoms with Crippen molar-refractivity contribution in [3.63, 3.8) is 0 Å². The number of ether oxygens (including phenoxy) is 1. The molecule has 0 amide bonds. The molecule has 0 bridgehead atoms. The summed E-state index contributed by atoms with van der Waals surface area (Å²) in [6.45, 7) is 7.81. The van der Waals surface area contributed by atoms with Crippen LogP contribution in [0.4, 0.5) is 0 Å². The fourth-order valence-corrected chi connectivity index (χ4v) is 2.82. The Labute approximate surface area is 93.0 Å². The Morgan fingerprint density at radius 2 is 2.27 bits per heavy atom. The van der Waals surface area contributed by atoms with Crippen molar-refractivity contribution in [2.45, 2.75) is 32.2 Å². The minimum atomic E-state index is 0.436. The van der Waals surface area contributed by atoms with Crippen LogP contribution in [0.3, 0.4) is 0 Å². The molecule has 3 unspecified atom stereocenters. The van der Waals surface area contributed by atoms with Crippen molar-refractivity contribution in [2.24, 2.45) is 17.6 Å². The average molecular weight is 212 g/mol. The predicted molar refractivity (Wildman–Crippen MR) is 61.7 cm³/mol. The summed E-state index contributed by atoms with van der Waals surface area (Å²) >= 11 is 0. The van der Waals surface area contributed by atoms with Gasteiger partial charge in [-0.1, -0.05) is 13.3 Å². The van der Waals surface area contributed by atoms with Gasteiger partial charge >= 0.3 is 0 Å². The standard InChI is InChI=1S/C12H24N2O/c1-2-11-8-14(5-3-12(11)13)7-10-4-6-15-9-10/h10-12H,2-9,13H2,1H3. The van der Waals surface area contributed by atoms with Gasteiger partial charge in [-0.3, -0.25) is 0 Å². The number of nitrogens with zero attached hydrogens (tertiary/aromatic N) is 1. The molecule has 88 valence electrons. The van der Waals surface area contributed by atoms with E-state index >= 15 is 0 Å². The van der Waals surface area contributed by atoms with Gasteiger partial charge < -0.3 is 15.4 Å². The fraction of sp³-hybridized carbons (Fsp3) is 1.00. The molecule has 15 heavy (non-hydrogen) atoms. The third-order valence-corrected chi connectivity index (χ3v) is 3.94. The summed E-state index contributed by atoms with van der Waals surface area (Å²) < 4.78 is 5.42. The van der Waals surface area contributed by atoms with Gasteiger partial charge in [-0.2, -0.15) is 0 Å². The summed E-state index contributed by atoms with van der Waals surface area (Å²) in [7, 11) is 0. The lowest BCUT2D eigenvalue weighted by atomic mass is 9.90. The van der Waals surface area contributed by atoms with Crippen LogP contribution in [-0.4, -0.2) is 43.8 Å². The molecule has 3 nitrogen and oxygen atoms in total. The summed E-state index contributed by atoms with van der Waals surface area (Å²) in [6.07, 6.45) is 3.64. The van der Waals surface area contributed by atoms with Crippen LogP contribution in [0, 0.1) is 11.8 Å². The molecule has 0 aromatic carbocycles. The van der Waals surface area contributed by atoms with E-state index in [-0.39, 0.29) is 0 Å². The first-order valence-electron chi connectivity index (χ1n) is 6.35. The molecular formula is C12H24N2O. The fourth-order valence-electron chi connectivity index (χ4n) is 2.82. The maximum atomic E-state index is 6.11. The third kappa shape index (κ3) is 2.92. The van der Waals surface area contributed by atoms with Crippen LogP contribution < -0.4 is 5.73 Å². The summed E-state index contributed by atoms with van der Waals surface area (Å²) in [5.41, 5.74) is 6.11. The summed E-state index contributed by atoms with van der Waals surface area (Å²) in [4.78, 5) is 2.59. The highest BCUT2D eigenvalue weighted by atomic mass is 16.5. The van der Waals surface area contributed by atoms with Crippen LogP contribution in [0.15, 0.2) is 0 Å². The maximum absolute atomic E-state index is 6.11. The number of likely N-dealkylation sites (tertiary alicyclic amines) is 1. The van der Waals surface area contributed by atoms with Gasteiger partial charge in [0.15, 0.2) is 0 Å². The van der Waals surface area contributed by atoms with E-state index in [1.807, 2.05) is 0 Å². The minimum Gasteiger partial charge on any atom is -0.381 e. The smallest absolute Gasteiger partial charge is 0.0507 e. The molecular weight excluding hydrogens is 188 g/mol. The lowest BCUT2D eigenvalue weighted by Crippen LogP contribution is -2.48. The molecule has 0 aromatic heterocycles. The lowest BCUT2D eigenvalue weighted by Gasteiger charge is -2.37. The van der Waals surface area contributed by atoms with Gasteiger partial charge in [-0.05, 0) is 31.2 Å². The van der Waals surface area contributed by atoms with Crippen LogP contribution in [0.25, 0.3) is 0 Å². The van der Waals surface area contributed by atoms with E-state index in [1.165, 1.54) is 38.9 Å². The molecule has 2 heterocycles. The van der Waals surface area contributed by atoms with Crippen LogP contribution in [0.1, 0.15) is 26.2 Å². The van der Waals surface area contributed by atoms with E-state index < -0.39 is 0 Å². The number of piperidine rings is 1. The molecule has 2 aliphatic heterocycles. The van der Waals surface area contributed by atoms with Crippen molar-refractivity contribution in [1.29, 1.82) is 0 Å². The van der Waals surface area contributed by atoms with Crippen molar-refractivity contribution < 1.29 is 4.74 Å². The number of nitrogens with two attached hydrogens (primary N) is 1. The van der Waals surface area contributed by atoms with Crippen molar-refractivity contribution >= 4 is 0 Å². The summed E-state index contributed by atoms with van der Waals surface area (Å²) in [6, 6.07) is 0.436. The molecule has 0 radical (unpaired) electrons. The second-order valence-electron chi connectivity index (χ2n) is 5.11. The highest BCUT2D eigenvalue weighted by Crippen LogP contribution is 2.21. The quantitative estimate of drug-likeness (QED) is 0.761. The Morgan fingerprint density at radius 3 is 2.93 bits per heavy atom. The van der Waals surface area contributed by atoms with Crippen molar-refractivity contribution in [1.82, 2.24) is 4.90 Å². The molecule has 2 N–H and O–H groups in total. The highest BCUT2D eigenvalue weighted by Gasteiger charge is 2.27. The van der Waals surface area contributed by atoms with Gasteiger partial charge in [0.1, 0.15) is 0 Å². The van der Waals surface area contributed by atoms with Crippen molar-refractivity contribution in [3.8, 4) is 0 Å². The van der Waals surface area contributed by atoms with E-state index in [0.717, 1.165) is 19.1 Å². The first kappa shape index (κ1) is 11.4. The zero-order chi connectivity index (χ0) is 10.7. The van der Waals surface area contributed by atoms with Gasteiger partial charge in [-0.15, -0.1) is 0 Å². The zero-order valence-corrected chi connectivity index (χ0v) is 9.82. The van der Waals surface area contributed by atoms with Gasteiger partial charge in [0.05, 0.1) is 6.61 Å². The van der Waals surface area contributed by atoms with E-state index in [0.29, 0.717) is 12.0 Å². The summed E-state index contributed by atoms with van der Waals surface area (Å²) in [5, 5.41) is 0. The van der Waals surface area contributed by atoms with Crippen LogP contribution >= 0.6 is 0 Å². The van der Waals surface area contributed by atoms with Gasteiger partial charge in [-0.25, -0.2) is 0 Å². The first-order chi connectivity index (χ1) is 7.29. The molecule has 2 rings (SSSR count). The molecule has 0 aliphatic carbocycles. The molecule has 3 heteroatoms. The number of hydrogen-bond donors (Lipinski definition) is 1. The van der Waals surface area contributed by atoms with Gasteiger partial charge in [0.2, 0.25) is 0 Å².